The van der Waals surface area contributed by atoms with E-state index in [0.717, 1.165) is 19.0 Å². The van der Waals surface area contributed by atoms with E-state index in [1.165, 1.54) is 0 Å². The Bertz CT molecular complexity index is 410. The van der Waals surface area contributed by atoms with E-state index in [1.54, 1.807) is 7.11 Å². The molecule has 0 aliphatic carbocycles. The summed E-state index contributed by atoms with van der Waals surface area (Å²) < 4.78 is 5.05. The second kappa shape index (κ2) is 7.07. The van der Waals surface area contributed by atoms with Gasteiger partial charge in [-0.2, -0.15) is 4.98 Å². The molecule has 0 aromatic carbocycles. The fourth-order valence-electron chi connectivity index (χ4n) is 1.53. The van der Waals surface area contributed by atoms with Crippen molar-refractivity contribution in [3.05, 3.63) is 21.6 Å². The average molecular weight is 275 g/mol. The standard InChI is InChI=1S/C10H15ClN4O3/c1-3-4-7(6-18-2)13-9-8(15(16)17)5-12-10(11)14-9/h5,7H,3-4,6H2,1-2H3,(H,12,13,14). The van der Waals surface area contributed by atoms with Gasteiger partial charge >= 0.3 is 5.69 Å². The number of nitrogens with zero attached hydrogens (tertiary/aromatic N) is 3. The first-order chi connectivity index (χ1) is 8.58. The molecule has 0 amide bonds. The molecule has 1 unspecified atom stereocenters. The number of hydrogen-bond donors (Lipinski definition) is 1. The lowest BCUT2D eigenvalue weighted by molar-refractivity contribution is -0.384. The molecule has 0 radical (unpaired) electrons. The van der Waals surface area contributed by atoms with Crippen LogP contribution in [-0.4, -0.2) is 34.6 Å². The van der Waals surface area contributed by atoms with Crippen LogP contribution in [0.5, 0.6) is 0 Å². The fourth-order valence-corrected chi connectivity index (χ4v) is 1.67. The van der Waals surface area contributed by atoms with Crippen molar-refractivity contribution in [3.63, 3.8) is 0 Å². The second-order valence-corrected chi connectivity index (χ2v) is 4.05. The van der Waals surface area contributed by atoms with Crippen molar-refractivity contribution in [3.8, 4) is 0 Å². The van der Waals surface area contributed by atoms with Crippen LogP contribution in [0, 0.1) is 10.1 Å². The van der Waals surface area contributed by atoms with Crippen LogP contribution < -0.4 is 5.32 Å². The maximum absolute atomic E-state index is 10.8. The summed E-state index contributed by atoms with van der Waals surface area (Å²) in [5.74, 6) is 0.121. The van der Waals surface area contributed by atoms with Crippen molar-refractivity contribution in [2.45, 2.75) is 25.8 Å². The molecule has 0 bridgehead atoms. The molecule has 1 aromatic heterocycles. The molecule has 0 saturated carbocycles. The SMILES string of the molecule is CCCC(COC)Nc1nc(Cl)ncc1[N+](=O)[O-]. The highest BCUT2D eigenvalue weighted by molar-refractivity contribution is 6.28. The summed E-state index contributed by atoms with van der Waals surface area (Å²) in [6, 6.07) is -0.0512. The number of methoxy groups -OCH3 is 1. The van der Waals surface area contributed by atoms with Gasteiger partial charge in [0.05, 0.1) is 17.6 Å². The zero-order chi connectivity index (χ0) is 13.5. The predicted octanol–water partition coefficient (Wildman–Crippen LogP) is 2.27. The quantitative estimate of drug-likeness (QED) is 0.466. The van der Waals surface area contributed by atoms with Crippen LogP contribution in [0.4, 0.5) is 11.5 Å². The highest BCUT2D eigenvalue weighted by Gasteiger charge is 2.19. The number of nitro groups is 1. The van der Waals surface area contributed by atoms with Crippen molar-refractivity contribution >= 4 is 23.1 Å². The number of aromatic nitrogens is 2. The van der Waals surface area contributed by atoms with Gasteiger partial charge in [0.15, 0.2) is 0 Å². The first kappa shape index (κ1) is 14.6. The minimum Gasteiger partial charge on any atom is -0.383 e. The van der Waals surface area contributed by atoms with Crippen molar-refractivity contribution in [1.29, 1.82) is 0 Å². The van der Waals surface area contributed by atoms with Crippen LogP contribution in [0.25, 0.3) is 0 Å². The van der Waals surface area contributed by atoms with E-state index in [9.17, 15) is 10.1 Å². The molecule has 1 atom stereocenters. The smallest absolute Gasteiger partial charge is 0.329 e. The van der Waals surface area contributed by atoms with E-state index in [-0.39, 0.29) is 22.8 Å². The third kappa shape index (κ3) is 4.08. The second-order valence-electron chi connectivity index (χ2n) is 3.72. The van der Waals surface area contributed by atoms with E-state index < -0.39 is 4.92 Å². The molecule has 18 heavy (non-hydrogen) atoms. The van der Waals surface area contributed by atoms with Crippen LogP contribution in [0.3, 0.4) is 0 Å². The minimum absolute atomic E-state index is 0.0317. The van der Waals surface area contributed by atoms with E-state index in [4.69, 9.17) is 16.3 Å². The van der Waals surface area contributed by atoms with Crippen molar-refractivity contribution in [1.82, 2.24) is 9.97 Å². The highest BCUT2D eigenvalue weighted by Crippen LogP contribution is 2.23. The number of nitrogens with one attached hydrogen (secondary N) is 1. The third-order valence-electron chi connectivity index (χ3n) is 2.28. The van der Waals surface area contributed by atoms with E-state index in [2.05, 4.69) is 15.3 Å². The zero-order valence-corrected chi connectivity index (χ0v) is 11.0. The first-order valence-electron chi connectivity index (χ1n) is 5.50. The molecule has 0 aliphatic heterocycles. The van der Waals surface area contributed by atoms with Crippen molar-refractivity contribution in [2.75, 3.05) is 19.0 Å². The molecular weight excluding hydrogens is 260 g/mol. The monoisotopic (exact) mass is 274 g/mol. The molecule has 0 spiro atoms. The lowest BCUT2D eigenvalue weighted by Crippen LogP contribution is -2.25. The Morgan fingerprint density at radius 3 is 2.94 bits per heavy atom. The van der Waals surface area contributed by atoms with Gasteiger partial charge < -0.3 is 10.1 Å². The van der Waals surface area contributed by atoms with Gasteiger partial charge in [0.2, 0.25) is 11.1 Å². The van der Waals surface area contributed by atoms with E-state index in [0.29, 0.717) is 6.61 Å². The molecule has 100 valence electrons. The normalized spacial score (nSPS) is 12.2. The summed E-state index contributed by atoms with van der Waals surface area (Å²) in [7, 11) is 1.58. The largest absolute Gasteiger partial charge is 0.383 e. The van der Waals surface area contributed by atoms with Gasteiger partial charge in [0, 0.05) is 7.11 Å². The lowest BCUT2D eigenvalue weighted by Gasteiger charge is -2.17. The number of anilines is 1. The molecule has 7 nitrogen and oxygen atoms in total. The lowest BCUT2D eigenvalue weighted by atomic mass is 10.2. The summed E-state index contributed by atoms with van der Waals surface area (Å²) >= 11 is 5.64. The molecule has 1 N–H and O–H groups in total. The molecule has 1 aromatic rings. The van der Waals surface area contributed by atoms with Crippen LogP contribution in [0.1, 0.15) is 19.8 Å². The summed E-state index contributed by atoms with van der Waals surface area (Å²) in [5.41, 5.74) is -0.198. The summed E-state index contributed by atoms with van der Waals surface area (Å²) in [6.07, 6.45) is 2.83. The Morgan fingerprint density at radius 1 is 1.67 bits per heavy atom. The maximum Gasteiger partial charge on any atom is 0.329 e. The van der Waals surface area contributed by atoms with Gasteiger partial charge in [-0.1, -0.05) is 13.3 Å². The molecule has 1 heterocycles. The van der Waals surface area contributed by atoms with Crippen LogP contribution >= 0.6 is 11.6 Å². The zero-order valence-electron chi connectivity index (χ0n) is 10.2. The summed E-state index contributed by atoms with van der Waals surface area (Å²) in [4.78, 5) is 17.7. The molecule has 0 saturated heterocycles. The third-order valence-corrected chi connectivity index (χ3v) is 2.46. The molecule has 0 aliphatic rings. The number of hydrogen-bond acceptors (Lipinski definition) is 6. The van der Waals surface area contributed by atoms with Gasteiger partial charge in [-0.15, -0.1) is 0 Å². The maximum atomic E-state index is 10.8. The van der Waals surface area contributed by atoms with Gasteiger partial charge in [-0.3, -0.25) is 10.1 Å². The molecule has 0 fully saturated rings. The Balaban J connectivity index is 2.92. The number of ether oxygens (including phenoxy) is 1. The number of halogens is 1. The van der Waals surface area contributed by atoms with Gasteiger partial charge in [0.1, 0.15) is 6.20 Å². The minimum atomic E-state index is -0.547. The Hall–Kier alpha value is -1.47. The molecular formula is C10H15ClN4O3. The predicted molar refractivity (Wildman–Crippen MR) is 67.9 cm³/mol. The Labute approximate surface area is 110 Å². The Kier molecular flexibility index (Phi) is 5.73. The first-order valence-corrected chi connectivity index (χ1v) is 5.88. The van der Waals surface area contributed by atoms with Gasteiger partial charge in [0.25, 0.3) is 0 Å². The average Bonchev–Trinajstić information content (AvgIpc) is 2.29. The summed E-state index contributed by atoms with van der Waals surface area (Å²) in [6.45, 7) is 2.46. The Morgan fingerprint density at radius 2 is 2.39 bits per heavy atom. The van der Waals surface area contributed by atoms with Crippen molar-refractivity contribution < 1.29 is 9.66 Å². The van der Waals surface area contributed by atoms with E-state index in [1.807, 2.05) is 6.92 Å². The van der Waals surface area contributed by atoms with Crippen molar-refractivity contribution in [2.24, 2.45) is 0 Å². The topological polar surface area (TPSA) is 90.2 Å². The van der Waals surface area contributed by atoms with Gasteiger partial charge in [-0.25, -0.2) is 4.98 Å². The molecule has 1 rings (SSSR count). The van der Waals surface area contributed by atoms with Gasteiger partial charge in [-0.05, 0) is 18.0 Å². The van der Waals surface area contributed by atoms with E-state index >= 15 is 0 Å². The molecule has 8 heteroatoms. The van der Waals surface area contributed by atoms with Crippen LogP contribution in [0.2, 0.25) is 5.28 Å². The van der Waals surface area contributed by atoms with Crippen LogP contribution in [-0.2, 0) is 4.74 Å². The highest BCUT2D eigenvalue weighted by atomic mass is 35.5. The van der Waals surface area contributed by atoms with Crippen LogP contribution in [0.15, 0.2) is 6.20 Å². The fraction of sp³-hybridized carbons (Fsp3) is 0.600. The summed E-state index contributed by atoms with van der Waals surface area (Å²) in [5, 5.41) is 13.8. The number of rotatable bonds is 7.